The lowest BCUT2D eigenvalue weighted by molar-refractivity contribution is -0.121. The second kappa shape index (κ2) is 9.52. The third-order valence-corrected chi connectivity index (χ3v) is 7.11. The lowest BCUT2D eigenvalue weighted by Crippen LogP contribution is -2.38. The van der Waals surface area contributed by atoms with Gasteiger partial charge in [0.2, 0.25) is 6.79 Å². The highest BCUT2D eigenvalue weighted by Gasteiger charge is 2.72. The van der Waals surface area contributed by atoms with Crippen molar-refractivity contribution in [3.05, 3.63) is 35.9 Å². The van der Waals surface area contributed by atoms with E-state index in [0.29, 0.717) is 19.8 Å². The quantitative estimate of drug-likeness (QED) is 0.295. The lowest BCUT2D eigenvalue weighted by atomic mass is 9.98. The average molecular weight is 460 g/mol. The van der Waals surface area contributed by atoms with E-state index < -0.39 is 39.2 Å². The van der Waals surface area contributed by atoms with Crippen molar-refractivity contribution >= 4 is 14.0 Å². The van der Waals surface area contributed by atoms with E-state index in [9.17, 15) is 13.8 Å². The van der Waals surface area contributed by atoms with E-state index in [-0.39, 0.29) is 24.5 Å². The Morgan fingerprint density at radius 2 is 2.03 bits per heavy atom. The molecule has 0 bridgehead atoms. The van der Waals surface area contributed by atoms with E-state index in [1.807, 2.05) is 13.0 Å². The molecule has 3 aliphatic rings. The molecule has 9 nitrogen and oxygen atoms in total. The fraction of sp³-hybridized carbons (Fsp3) is 0.650. The number of alkyl halides is 1. The van der Waals surface area contributed by atoms with Crippen LogP contribution in [0.3, 0.4) is 0 Å². The van der Waals surface area contributed by atoms with Crippen molar-refractivity contribution in [3.8, 4) is 0 Å². The number of benzene rings is 1. The van der Waals surface area contributed by atoms with E-state index in [0.717, 1.165) is 12.0 Å². The summed E-state index contributed by atoms with van der Waals surface area (Å²) in [4.78, 5) is 11.7. The third kappa shape index (κ3) is 5.10. The molecule has 172 valence electrons. The van der Waals surface area contributed by atoms with Crippen LogP contribution in [-0.2, 0) is 43.7 Å². The van der Waals surface area contributed by atoms with E-state index >= 15 is 0 Å². The molecule has 0 spiro atoms. The van der Waals surface area contributed by atoms with Crippen molar-refractivity contribution in [3.63, 3.8) is 0 Å². The Morgan fingerprint density at radius 1 is 1.26 bits per heavy atom. The van der Waals surface area contributed by atoms with E-state index in [1.54, 1.807) is 24.3 Å². The van der Waals surface area contributed by atoms with Gasteiger partial charge >= 0.3 is 14.0 Å². The first-order chi connectivity index (χ1) is 15.0. The molecule has 1 aromatic carbocycles. The summed E-state index contributed by atoms with van der Waals surface area (Å²) in [5, 5.41) is 0. The lowest BCUT2D eigenvalue weighted by Gasteiger charge is -2.25. The predicted molar refractivity (Wildman–Crippen MR) is 104 cm³/mol. The van der Waals surface area contributed by atoms with Gasteiger partial charge in [-0.25, -0.2) is 18.3 Å². The van der Waals surface area contributed by atoms with Gasteiger partial charge in [-0.2, -0.15) is 0 Å². The topological polar surface area (TPSA) is 98.8 Å². The predicted octanol–water partition coefficient (Wildman–Crippen LogP) is 3.62. The first-order valence-electron chi connectivity index (χ1n) is 10.2. The molecule has 0 radical (unpaired) electrons. The molecule has 1 aliphatic carbocycles. The van der Waals surface area contributed by atoms with Crippen LogP contribution in [0.2, 0.25) is 0 Å². The van der Waals surface area contributed by atoms with Crippen molar-refractivity contribution in [1.29, 1.82) is 0 Å². The van der Waals surface area contributed by atoms with E-state index in [2.05, 4.69) is 0 Å². The number of phosphoric acid groups is 1. The van der Waals surface area contributed by atoms with Gasteiger partial charge in [-0.15, -0.1) is 0 Å². The van der Waals surface area contributed by atoms with Gasteiger partial charge in [-0.1, -0.05) is 37.3 Å². The fourth-order valence-electron chi connectivity index (χ4n) is 3.90. The largest absolute Gasteiger partial charge is 0.510 e. The summed E-state index contributed by atoms with van der Waals surface area (Å²) in [7, 11) is -4.22. The third-order valence-electron chi connectivity index (χ3n) is 5.76. The Kier molecular flexibility index (Phi) is 6.95. The number of ether oxygens (including phenoxy) is 4. The van der Waals surface area contributed by atoms with Gasteiger partial charge < -0.3 is 18.9 Å². The van der Waals surface area contributed by atoms with Crippen molar-refractivity contribution in [2.75, 3.05) is 33.3 Å². The zero-order chi connectivity index (χ0) is 21.9. The Bertz CT molecular complexity index is 805. The van der Waals surface area contributed by atoms with Crippen LogP contribution < -0.4 is 0 Å². The molecule has 0 N–H and O–H groups in total. The number of fused-ring (bicyclic) bond motifs is 1. The van der Waals surface area contributed by atoms with Gasteiger partial charge in [0, 0.05) is 12.5 Å². The van der Waals surface area contributed by atoms with Crippen LogP contribution in [0.4, 0.5) is 9.18 Å². The van der Waals surface area contributed by atoms with Gasteiger partial charge in [0.1, 0.15) is 18.4 Å². The molecule has 1 aromatic rings. The number of carbonyl (C=O) groups is 1. The highest BCUT2D eigenvalue weighted by atomic mass is 31.2. The second-order valence-electron chi connectivity index (χ2n) is 7.88. The van der Waals surface area contributed by atoms with Crippen LogP contribution in [0.25, 0.3) is 0 Å². The molecule has 4 rings (SSSR count). The zero-order valence-corrected chi connectivity index (χ0v) is 18.0. The number of hydrogen-bond acceptors (Lipinski definition) is 9. The first-order valence-corrected chi connectivity index (χ1v) is 11.6. The summed E-state index contributed by atoms with van der Waals surface area (Å²) in [5.74, 6) is -0.124. The van der Waals surface area contributed by atoms with Gasteiger partial charge in [-0.3, -0.25) is 9.05 Å². The molecule has 3 fully saturated rings. The van der Waals surface area contributed by atoms with Crippen LogP contribution in [0.5, 0.6) is 0 Å². The molecule has 0 aromatic heterocycles. The molecular formula is C20H26FO9P. The maximum atomic E-state index is 13.8. The highest BCUT2D eigenvalue weighted by molar-refractivity contribution is 7.48. The summed E-state index contributed by atoms with van der Waals surface area (Å²) >= 11 is 0. The second-order valence-corrected chi connectivity index (χ2v) is 9.50. The minimum Gasteiger partial charge on any atom is -0.426 e. The number of rotatable bonds is 10. The van der Waals surface area contributed by atoms with Crippen LogP contribution in [-0.4, -0.2) is 57.3 Å². The molecule has 31 heavy (non-hydrogen) atoms. The van der Waals surface area contributed by atoms with Crippen molar-refractivity contribution < 1.29 is 46.3 Å². The minimum atomic E-state index is -4.22. The van der Waals surface area contributed by atoms with Gasteiger partial charge in [0.25, 0.3) is 0 Å². The molecular weight excluding hydrogens is 434 g/mol. The van der Waals surface area contributed by atoms with Gasteiger partial charge in [-0.05, 0) is 17.9 Å². The molecule has 5 atom stereocenters. The maximum absolute atomic E-state index is 13.8. The summed E-state index contributed by atoms with van der Waals surface area (Å²) < 4.78 is 63.8. The van der Waals surface area contributed by atoms with E-state index in [1.165, 1.54) is 0 Å². The zero-order valence-electron chi connectivity index (χ0n) is 17.1. The minimum absolute atomic E-state index is 0.0710. The Morgan fingerprint density at radius 3 is 2.68 bits per heavy atom. The average Bonchev–Trinajstić information content (AvgIpc) is 3.38. The summed E-state index contributed by atoms with van der Waals surface area (Å²) in [5.41, 5.74) is -0.408. The standard InChI is InChI=1S/C20H26FO9P/c1-14-7-8-26-20(12-21)17(14)18(20)30-31(23,27-9-15-5-3-2-4-6-15)28-13-25-19(22)29-16-10-24-11-16/h2-6,14,16-18H,7-13H2,1H3/t14-,17?,18-,20+,31?/m1/s1. The maximum Gasteiger partial charge on any atom is 0.510 e. The van der Waals surface area contributed by atoms with Crippen LogP contribution in [0.15, 0.2) is 30.3 Å². The van der Waals surface area contributed by atoms with Crippen LogP contribution in [0, 0.1) is 11.8 Å². The summed E-state index contributed by atoms with van der Waals surface area (Å²) in [6.07, 6.45) is -1.39. The van der Waals surface area contributed by atoms with Crippen molar-refractivity contribution in [2.24, 2.45) is 11.8 Å². The molecule has 1 saturated carbocycles. The van der Waals surface area contributed by atoms with Crippen molar-refractivity contribution in [2.45, 2.75) is 37.8 Å². The van der Waals surface area contributed by atoms with Crippen molar-refractivity contribution in [1.82, 2.24) is 0 Å². The fourth-order valence-corrected chi connectivity index (χ4v) is 5.17. The molecule has 2 aliphatic heterocycles. The number of hydrogen-bond donors (Lipinski definition) is 0. The van der Waals surface area contributed by atoms with E-state index in [4.69, 9.17) is 32.5 Å². The van der Waals surface area contributed by atoms with Gasteiger partial charge in [0.05, 0.1) is 19.8 Å². The van der Waals surface area contributed by atoms with Crippen LogP contribution in [0.1, 0.15) is 18.9 Å². The Labute approximate surface area is 179 Å². The molecule has 2 saturated heterocycles. The van der Waals surface area contributed by atoms with Gasteiger partial charge in [0.15, 0.2) is 6.10 Å². The molecule has 2 heterocycles. The summed E-state index contributed by atoms with van der Waals surface area (Å²) in [6, 6.07) is 9.00. The molecule has 2 unspecified atom stereocenters. The summed E-state index contributed by atoms with van der Waals surface area (Å²) in [6.45, 7) is 1.41. The molecule has 0 amide bonds. The number of phosphoric ester groups is 1. The van der Waals surface area contributed by atoms with Crippen LogP contribution >= 0.6 is 7.82 Å². The number of halogens is 1. The number of carbonyl (C=O) groups excluding carboxylic acids is 1. The molecule has 11 heteroatoms. The Balaban J connectivity index is 1.38. The Hall–Kier alpha value is -1.55. The first kappa shape index (κ1) is 22.6. The normalized spacial score (nSPS) is 31.7. The smallest absolute Gasteiger partial charge is 0.426 e. The highest BCUT2D eigenvalue weighted by Crippen LogP contribution is 2.64. The SMILES string of the molecule is C[C@@H]1CCO[C@@]2(CF)C1[C@H]2OP(=O)(OCOC(=O)OC1COC1)OCc1ccccc1. The monoisotopic (exact) mass is 460 g/mol.